The van der Waals surface area contributed by atoms with Crippen LogP contribution in [-0.4, -0.2) is 10.8 Å². The summed E-state index contributed by atoms with van der Waals surface area (Å²) in [6.07, 6.45) is -9.53. The Hall–Kier alpha value is -5.07. The number of carbonyl (C=O) groups is 1. The zero-order valence-electron chi connectivity index (χ0n) is 20.6. The molecule has 4 aromatic rings. The summed E-state index contributed by atoms with van der Waals surface area (Å²) < 4.78 is 90.1. The number of alkyl halides is 6. The first-order chi connectivity index (χ1) is 19.3. The molecule has 0 saturated heterocycles. The van der Waals surface area contributed by atoms with Crippen molar-refractivity contribution in [3.05, 3.63) is 123 Å². The van der Waals surface area contributed by atoms with E-state index < -0.39 is 45.7 Å². The smallest absolute Gasteiger partial charge is 0.416 e. The van der Waals surface area contributed by atoms with Gasteiger partial charge in [0.15, 0.2) is 0 Å². The van der Waals surface area contributed by atoms with Crippen molar-refractivity contribution in [2.45, 2.75) is 19.0 Å². The van der Waals surface area contributed by atoms with Crippen molar-refractivity contribution in [1.29, 1.82) is 0 Å². The van der Waals surface area contributed by atoms with Gasteiger partial charge in [0.25, 0.3) is 5.91 Å². The predicted molar refractivity (Wildman–Crippen MR) is 135 cm³/mol. The Kier molecular flexibility index (Phi) is 8.17. The van der Waals surface area contributed by atoms with Crippen molar-refractivity contribution in [2.75, 3.05) is 5.32 Å². The highest BCUT2D eigenvalue weighted by molar-refractivity contribution is 6.05. The minimum Gasteiger partial charge on any atom is -0.487 e. The maximum Gasteiger partial charge on any atom is 0.416 e. The molecular formula is C28H18F6N2O5. The number of carbonyl (C=O) groups excluding carboxylic acids is 1. The summed E-state index contributed by atoms with van der Waals surface area (Å²) >= 11 is 0. The highest BCUT2D eigenvalue weighted by Gasteiger charge is 2.34. The van der Waals surface area contributed by atoms with Crippen LogP contribution in [0.4, 0.5) is 37.7 Å². The largest absolute Gasteiger partial charge is 0.487 e. The molecule has 0 aliphatic heterocycles. The number of nitro groups is 1. The van der Waals surface area contributed by atoms with E-state index in [4.69, 9.17) is 9.47 Å². The van der Waals surface area contributed by atoms with E-state index in [1.165, 1.54) is 18.2 Å². The summed E-state index contributed by atoms with van der Waals surface area (Å²) in [5, 5.41) is 13.7. The van der Waals surface area contributed by atoms with Crippen LogP contribution in [-0.2, 0) is 19.0 Å². The maximum atomic E-state index is 13.4. The van der Waals surface area contributed by atoms with Gasteiger partial charge in [-0.15, -0.1) is 0 Å². The van der Waals surface area contributed by atoms with Crippen molar-refractivity contribution in [2.24, 2.45) is 0 Å². The average molecular weight is 576 g/mol. The number of rotatable bonds is 8. The van der Waals surface area contributed by atoms with Gasteiger partial charge in [0, 0.05) is 11.6 Å². The van der Waals surface area contributed by atoms with Crippen molar-refractivity contribution < 1.29 is 45.5 Å². The highest BCUT2D eigenvalue weighted by atomic mass is 19.4. The topological polar surface area (TPSA) is 90.7 Å². The minimum absolute atomic E-state index is 0.00427. The Morgan fingerprint density at radius 2 is 1.41 bits per heavy atom. The number of nitrogens with zero attached hydrogens (tertiary/aromatic N) is 1. The standard InChI is InChI=1S/C28H18F6N2O5/c29-27(30,31)19-9-11-24(40-16-17-5-2-1-3-6-17)22(14-19)35-26(37)18-7-4-8-21(13-18)41-25-12-10-20(28(32,33)34)15-23(25)36(38)39/h1-15H,16H2,(H,35,37). The number of hydrogen-bond donors (Lipinski definition) is 1. The molecule has 0 heterocycles. The third-order valence-electron chi connectivity index (χ3n) is 5.60. The molecule has 13 heteroatoms. The number of ether oxygens (including phenoxy) is 2. The average Bonchev–Trinajstić information content (AvgIpc) is 2.92. The first kappa shape index (κ1) is 28.9. The van der Waals surface area contributed by atoms with E-state index in [0.717, 1.165) is 29.8 Å². The van der Waals surface area contributed by atoms with Gasteiger partial charge in [-0.25, -0.2) is 0 Å². The van der Waals surface area contributed by atoms with E-state index in [-0.39, 0.29) is 29.4 Å². The molecule has 0 bridgehead atoms. The third-order valence-corrected chi connectivity index (χ3v) is 5.60. The second-order valence-corrected chi connectivity index (χ2v) is 8.50. The molecule has 41 heavy (non-hydrogen) atoms. The number of nitrogens with one attached hydrogen (secondary N) is 1. The number of amides is 1. The molecule has 1 amide bonds. The van der Waals surface area contributed by atoms with Gasteiger partial charge in [-0.3, -0.25) is 14.9 Å². The van der Waals surface area contributed by atoms with Crippen LogP contribution in [0.15, 0.2) is 91.0 Å². The quantitative estimate of drug-likeness (QED) is 0.130. The van der Waals surface area contributed by atoms with Gasteiger partial charge in [-0.1, -0.05) is 36.4 Å². The van der Waals surface area contributed by atoms with Crippen molar-refractivity contribution in [1.82, 2.24) is 0 Å². The lowest BCUT2D eigenvalue weighted by Gasteiger charge is -2.16. The Morgan fingerprint density at radius 1 is 0.780 bits per heavy atom. The van der Waals surface area contributed by atoms with Gasteiger partial charge in [0.2, 0.25) is 5.75 Å². The zero-order valence-corrected chi connectivity index (χ0v) is 20.6. The van der Waals surface area contributed by atoms with Crippen LogP contribution in [0.3, 0.4) is 0 Å². The van der Waals surface area contributed by atoms with Crippen LogP contribution in [0.25, 0.3) is 0 Å². The van der Waals surface area contributed by atoms with Gasteiger partial charge in [0.05, 0.1) is 21.7 Å². The SMILES string of the molecule is O=C(Nc1cc(C(F)(F)F)ccc1OCc1ccccc1)c1cccc(Oc2ccc(C(F)(F)F)cc2[N+](=O)[O-])c1. The molecule has 212 valence electrons. The van der Waals surface area contributed by atoms with Gasteiger partial charge in [-0.2, -0.15) is 26.3 Å². The van der Waals surface area contributed by atoms with Crippen LogP contribution in [0.5, 0.6) is 17.2 Å². The maximum absolute atomic E-state index is 13.4. The molecule has 0 aliphatic rings. The second-order valence-electron chi connectivity index (χ2n) is 8.50. The van der Waals surface area contributed by atoms with Crippen LogP contribution >= 0.6 is 0 Å². The Balaban J connectivity index is 1.59. The van der Waals surface area contributed by atoms with Crippen molar-refractivity contribution in [3.8, 4) is 17.2 Å². The first-order valence-corrected chi connectivity index (χ1v) is 11.6. The van der Waals surface area contributed by atoms with E-state index in [9.17, 15) is 41.3 Å². The van der Waals surface area contributed by atoms with Crippen LogP contribution in [0, 0.1) is 10.1 Å². The van der Waals surface area contributed by atoms with E-state index in [1.807, 2.05) is 0 Å². The molecule has 0 aliphatic carbocycles. The van der Waals surface area contributed by atoms with E-state index >= 15 is 0 Å². The van der Waals surface area contributed by atoms with Gasteiger partial charge in [-0.05, 0) is 54.1 Å². The van der Waals surface area contributed by atoms with E-state index in [2.05, 4.69) is 5.32 Å². The first-order valence-electron chi connectivity index (χ1n) is 11.6. The molecule has 7 nitrogen and oxygen atoms in total. The number of nitro benzene ring substituents is 1. The summed E-state index contributed by atoms with van der Waals surface area (Å²) in [6, 6.07) is 18.1. The molecule has 0 radical (unpaired) electrons. The van der Waals surface area contributed by atoms with Crippen LogP contribution in [0.1, 0.15) is 27.0 Å². The Labute approximate surface area is 228 Å². The fourth-order valence-corrected chi connectivity index (χ4v) is 3.61. The molecule has 4 rings (SSSR count). The molecule has 1 N–H and O–H groups in total. The minimum atomic E-state index is -4.83. The summed E-state index contributed by atoms with van der Waals surface area (Å²) in [7, 11) is 0. The van der Waals surface area contributed by atoms with Gasteiger partial charge in [0.1, 0.15) is 18.1 Å². The fraction of sp³-hybridized carbons (Fsp3) is 0.107. The molecule has 0 aromatic heterocycles. The summed E-state index contributed by atoms with van der Waals surface area (Å²) in [4.78, 5) is 23.3. The second kappa shape index (κ2) is 11.6. The summed E-state index contributed by atoms with van der Waals surface area (Å²) in [6.45, 7) is 0.00427. The third kappa shape index (κ3) is 7.32. The molecule has 0 atom stereocenters. The lowest BCUT2D eigenvalue weighted by atomic mass is 10.1. The number of benzene rings is 4. The molecular weight excluding hydrogens is 558 g/mol. The highest BCUT2D eigenvalue weighted by Crippen LogP contribution is 2.38. The van der Waals surface area contributed by atoms with Crippen molar-refractivity contribution in [3.63, 3.8) is 0 Å². The molecule has 0 spiro atoms. The van der Waals surface area contributed by atoms with Crippen LogP contribution < -0.4 is 14.8 Å². The molecule has 0 saturated carbocycles. The number of halogens is 6. The summed E-state index contributed by atoms with van der Waals surface area (Å²) in [5.41, 5.74) is -2.91. The number of hydrogen-bond acceptors (Lipinski definition) is 5. The number of anilines is 1. The predicted octanol–water partition coefficient (Wildman–Crippen LogP) is 8.26. The van der Waals surface area contributed by atoms with E-state index in [0.29, 0.717) is 18.2 Å². The Morgan fingerprint density at radius 3 is 2.05 bits per heavy atom. The van der Waals surface area contributed by atoms with Crippen LogP contribution in [0.2, 0.25) is 0 Å². The molecule has 0 unspecified atom stereocenters. The molecule has 0 fully saturated rings. The fourth-order valence-electron chi connectivity index (χ4n) is 3.61. The summed E-state index contributed by atoms with van der Waals surface area (Å²) in [5.74, 6) is -1.58. The lowest BCUT2D eigenvalue weighted by molar-refractivity contribution is -0.385. The Bertz CT molecular complexity index is 1570. The van der Waals surface area contributed by atoms with Gasteiger partial charge >= 0.3 is 18.0 Å². The van der Waals surface area contributed by atoms with Gasteiger partial charge < -0.3 is 14.8 Å². The molecule has 4 aromatic carbocycles. The van der Waals surface area contributed by atoms with E-state index in [1.54, 1.807) is 30.3 Å². The normalized spacial score (nSPS) is 11.6. The van der Waals surface area contributed by atoms with Crippen molar-refractivity contribution >= 4 is 17.3 Å². The zero-order chi connectivity index (χ0) is 29.8. The lowest BCUT2D eigenvalue weighted by Crippen LogP contribution is -2.14. The monoisotopic (exact) mass is 576 g/mol.